The Hall–Kier alpha value is -1.02. The number of nitrogen functional groups attached to an aromatic ring is 1. The monoisotopic (exact) mass is 223 g/mol. The SMILES string of the molecule is Nc1ccc(C(=O)CC2CCC2)c(Cl)c1. The molecule has 2 rings (SSSR count). The number of rotatable bonds is 3. The van der Waals surface area contributed by atoms with E-state index in [-0.39, 0.29) is 5.78 Å². The molecule has 1 aromatic carbocycles. The number of benzene rings is 1. The second-order valence-electron chi connectivity index (χ2n) is 4.16. The van der Waals surface area contributed by atoms with Gasteiger partial charge in [0.2, 0.25) is 0 Å². The van der Waals surface area contributed by atoms with E-state index in [1.807, 2.05) is 0 Å². The molecule has 1 saturated carbocycles. The highest BCUT2D eigenvalue weighted by molar-refractivity contribution is 6.34. The van der Waals surface area contributed by atoms with E-state index in [1.165, 1.54) is 19.3 Å². The average molecular weight is 224 g/mol. The van der Waals surface area contributed by atoms with Gasteiger partial charge in [0.25, 0.3) is 0 Å². The Morgan fingerprint density at radius 1 is 1.47 bits per heavy atom. The van der Waals surface area contributed by atoms with Crippen LogP contribution >= 0.6 is 11.6 Å². The minimum atomic E-state index is 0.143. The molecule has 0 spiro atoms. The van der Waals surface area contributed by atoms with Gasteiger partial charge in [-0.1, -0.05) is 30.9 Å². The molecule has 1 aliphatic carbocycles. The van der Waals surface area contributed by atoms with E-state index >= 15 is 0 Å². The number of carbonyl (C=O) groups excluding carboxylic acids is 1. The summed E-state index contributed by atoms with van der Waals surface area (Å²) in [5.41, 5.74) is 6.78. The van der Waals surface area contributed by atoms with Crippen molar-refractivity contribution in [3.8, 4) is 0 Å². The lowest BCUT2D eigenvalue weighted by molar-refractivity contribution is 0.0936. The topological polar surface area (TPSA) is 43.1 Å². The van der Waals surface area contributed by atoms with Gasteiger partial charge < -0.3 is 5.73 Å². The van der Waals surface area contributed by atoms with Gasteiger partial charge in [-0.3, -0.25) is 4.79 Å². The van der Waals surface area contributed by atoms with E-state index in [0.29, 0.717) is 28.6 Å². The van der Waals surface area contributed by atoms with E-state index in [2.05, 4.69) is 0 Å². The first-order valence-electron chi connectivity index (χ1n) is 5.25. The third-order valence-electron chi connectivity index (χ3n) is 2.99. The van der Waals surface area contributed by atoms with Crippen LogP contribution in [-0.2, 0) is 0 Å². The third kappa shape index (κ3) is 2.32. The van der Waals surface area contributed by atoms with Crippen LogP contribution in [-0.4, -0.2) is 5.78 Å². The Kier molecular flexibility index (Phi) is 2.96. The number of nitrogens with two attached hydrogens (primary N) is 1. The zero-order valence-electron chi connectivity index (χ0n) is 8.50. The lowest BCUT2D eigenvalue weighted by Gasteiger charge is -2.24. The quantitative estimate of drug-likeness (QED) is 0.631. The van der Waals surface area contributed by atoms with Gasteiger partial charge in [0.05, 0.1) is 5.02 Å². The summed E-state index contributed by atoms with van der Waals surface area (Å²) in [5, 5.41) is 0.472. The Bertz CT molecular complexity index is 385. The minimum Gasteiger partial charge on any atom is -0.399 e. The maximum absolute atomic E-state index is 11.9. The summed E-state index contributed by atoms with van der Waals surface area (Å²) in [6, 6.07) is 5.08. The van der Waals surface area contributed by atoms with Crippen LogP contribution in [0.15, 0.2) is 18.2 Å². The molecule has 0 atom stereocenters. The zero-order valence-corrected chi connectivity index (χ0v) is 9.26. The van der Waals surface area contributed by atoms with E-state index < -0.39 is 0 Å². The van der Waals surface area contributed by atoms with Crippen molar-refractivity contribution < 1.29 is 4.79 Å². The van der Waals surface area contributed by atoms with Crippen molar-refractivity contribution in [3.63, 3.8) is 0 Å². The molecular weight excluding hydrogens is 210 g/mol. The van der Waals surface area contributed by atoms with Crippen molar-refractivity contribution in [1.29, 1.82) is 0 Å². The van der Waals surface area contributed by atoms with Crippen molar-refractivity contribution in [3.05, 3.63) is 28.8 Å². The summed E-state index contributed by atoms with van der Waals surface area (Å²) < 4.78 is 0. The number of hydrogen-bond donors (Lipinski definition) is 1. The first-order valence-corrected chi connectivity index (χ1v) is 5.63. The molecule has 80 valence electrons. The number of hydrogen-bond acceptors (Lipinski definition) is 2. The van der Waals surface area contributed by atoms with Crippen molar-refractivity contribution in [2.75, 3.05) is 5.73 Å². The van der Waals surface area contributed by atoms with Gasteiger partial charge in [-0.15, -0.1) is 0 Å². The van der Waals surface area contributed by atoms with Crippen LogP contribution in [0.2, 0.25) is 5.02 Å². The van der Waals surface area contributed by atoms with Crippen molar-refractivity contribution >= 4 is 23.1 Å². The van der Waals surface area contributed by atoms with Crippen LogP contribution in [0.25, 0.3) is 0 Å². The van der Waals surface area contributed by atoms with Crippen molar-refractivity contribution in [1.82, 2.24) is 0 Å². The smallest absolute Gasteiger partial charge is 0.164 e. The zero-order chi connectivity index (χ0) is 10.8. The number of halogens is 1. The maximum Gasteiger partial charge on any atom is 0.164 e. The summed E-state index contributed by atoms with van der Waals surface area (Å²) in [6.45, 7) is 0. The van der Waals surface area contributed by atoms with Crippen LogP contribution in [0.1, 0.15) is 36.0 Å². The van der Waals surface area contributed by atoms with Gasteiger partial charge in [0.15, 0.2) is 5.78 Å². The maximum atomic E-state index is 11.9. The first kappa shape index (κ1) is 10.5. The number of ketones is 1. The molecule has 0 unspecified atom stereocenters. The van der Waals surface area contributed by atoms with Crippen LogP contribution in [0, 0.1) is 5.92 Å². The van der Waals surface area contributed by atoms with E-state index in [4.69, 9.17) is 17.3 Å². The fourth-order valence-corrected chi connectivity index (χ4v) is 2.12. The largest absolute Gasteiger partial charge is 0.399 e. The molecular formula is C12H14ClNO. The van der Waals surface area contributed by atoms with Gasteiger partial charge in [0, 0.05) is 17.7 Å². The van der Waals surface area contributed by atoms with Crippen LogP contribution < -0.4 is 5.73 Å². The molecule has 0 saturated heterocycles. The highest BCUT2D eigenvalue weighted by Gasteiger charge is 2.22. The molecule has 1 fully saturated rings. The molecule has 0 bridgehead atoms. The number of carbonyl (C=O) groups is 1. The fourth-order valence-electron chi connectivity index (χ4n) is 1.83. The van der Waals surface area contributed by atoms with Gasteiger partial charge in [-0.25, -0.2) is 0 Å². The molecule has 2 nitrogen and oxygen atoms in total. The Labute approximate surface area is 94.4 Å². The average Bonchev–Trinajstić information content (AvgIpc) is 2.11. The van der Waals surface area contributed by atoms with Crippen molar-refractivity contribution in [2.45, 2.75) is 25.7 Å². The summed E-state index contributed by atoms with van der Waals surface area (Å²) in [7, 11) is 0. The Balaban J connectivity index is 2.10. The lowest BCUT2D eigenvalue weighted by atomic mass is 9.81. The van der Waals surface area contributed by atoms with Gasteiger partial charge in [-0.2, -0.15) is 0 Å². The molecule has 3 heteroatoms. The molecule has 0 heterocycles. The lowest BCUT2D eigenvalue weighted by Crippen LogP contribution is -2.16. The predicted octanol–water partition coefficient (Wildman–Crippen LogP) is 3.30. The molecule has 0 aromatic heterocycles. The minimum absolute atomic E-state index is 0.143. The van der Waals surface area contributed by atoms with Crippen LogP contribution in [0.3, 0.4) is 0 Å². The van der Waals surface area contributed by atoms with Crippen LogP contribution in [0.5, 0.6) is 0 Å². The highest BCUT2D eigenvalue weighted by atomic mass is 35.5. The third-order valence-corrected chi connectivity index (χ3v) is 3.31. The Morgan fingerprint density at radius 3 is 2.73 bits per heavy atom. The summed E-state index contributed by atoms with van der Waals surface area (Å²) in [4.78, 5) is 11.9. The summed E-state index contributed by atoms with van der Waals surface area (Å²) in [5.74, 6) is 0.718. The Morgan fingerprint density at radius 2 is 2.20 bits per heavy atom. The predicted molar refractivity (Wildman–Crippen MR) is 62.2 cm³/mol. The van der Waals surface area contributed by atoms with E-state index in [1.54, 1.807) is 18.2 Å². The number of anilines is 1. The molecule has 15 heavy (non-hydrogen) atoms. The number of Topliss-reactive ketones (excluding diaryl/α,β-unsaturated/α-hetero) is 1. The van der Waals surface area contributed by atoms with Crippen molar-refractivity contribution in [2.24, 2.45) is 5.92 Å². The second-order valence-corrected chi connectivity index (χ2v) is 4.57. The normalized spacial score (nSPS) is 16.1. The van der Waals surface area contributed by atoms with Gasteiger partial charge in [0.1, 0.15) is 0 Å². The molecule has 0 aliphatic heterocycles. The van der Waals surface area contributed by atoms with E-state index in [0.717, 1.165) is 0 Å². The van der Waals surface area contributed by atoms with E-state index in [9.17, 15) is 4.79 Å². The molecule has 2 N–H and O–H groups in total. The molecule has 1 aliphatic rings. The highest BCUT2D eigenvalue weighted by Crippen LogP contribution is 2.31. The first-order chi connectivity index (χ1) is 7.16. The fraction of sp³-hybridized carbons (Fsp3) is 0.417. The summed E-state index contributed by atoms with van der Waals surface area (Å²) in [6.07, 6.45) is 4.24. The summed E-state index contributed by atoms with van der Waals surface area (Å²) >= 11 is 5.97. The second kappa shape index (κ2) is 4.23. The molecule has 0 amide bonds. The van der Waals surface area contributed by atoms with Crippen LogP contribution in [0.4, 0.5) is 5.69 Å². The molecule has 1 aromatic rings. The standard InChI is InChI=1S/C12H14ClNO/c13-11-7-9(14)4-5-10(11)12(15)6-8-2-1-3-8/h4-5,7-8H,1-3,6,14H2. The van der Waals surface area contributed by atoms with Gasteiger partial charge in [-0.05, 0) is 24.1 Å². The molecule has 0 radical (unpaired) electrons. The van der Waals surface area contributed by atoms with Gasteiger partial charge >= 0.3 is 0 Å².